The summed E-state index contributed by atoms with van der Waals surface area (Å²) in [6, 6.07) is 11.5. The molecule has 2 heterocycles. The molecule has 0 aliphatic carbocycles. The van der Waals surface area contributed by atoms with Gasteiger partial charge in [-0.05, 0) is 45.8 Å². The second-order valence-electron chi connectivity index (χ2n) is 8.58. The number of hydrogen-bond acceptors (Lipinski definition) is 9. The number of nitrogens with zero attached hydrogens (tertiary/aromatic N) is 6. The van der Waals surface area contributed by atoms with Crippen LogP contribution in [-0.2, 0) is 26.7 Å². The fourth-order valence-corrected chi connectivity index (χ4v) is 4.52. The van der Waals surface area contributed by atoms with E-state index in [0.717, 1.165) is 5.56 Å². The van der Waals surface area contributed by atoms with Crippen LogP contribution >= 0.6 is 15.9 Å². The molecule has 2 aromatic carbocycles. The molecule has 0 fully saturated rings. The van der Waals surface area contributed by atoms with Crippen LogP contribution in [0.3, 0.4) is 0 Å². The molecule has 4 rings (SSSR count). The van der Waals surface area contributed by atoms with Gasteiger partial charge in [-0.1, -0.05) is 6.07 Å². The summed E-state index contributed by atoms with van der Waals surface area (Å²) in [5.74, 6) is 1.07. The number of methoxy groups -OCH3 is 3. The molecule has 0 bridgehead atoms. The number of halogens is 2. The van der Waals surface area contributed by atoms with Crippen molar-refractivity contribution in [2.24, 2.45) is 7.05 Å². The van der Waals surface area contributed by atoms with Crippen LogP contribution in [0.4, 0.5) is 10.1 Å². The maximum Gasteiger partial charge on any atom is 0.312 e. The number of pyridine rings is 1. The third-order valence-electron chi connectivity index (χ3n) is 5.92. The van der Waals surface area contributed by atoms with E-state index in [1.807, 2.05) is 11.0 Å². The fraction of sp³-hybridized carbons (Fsp3) is 0.269. The summed E-state index contributed by atoms with van der Waals surface area (Å²) in [5, 5.41) is 16.3. The summed E-state index contributed by atoms with van der Waals surface area (Å²) < 4.78 is 33.0. The van der Waals surface area contributed by atoms with Gasteiger partial charge in [0.05, 0.1) is 37.5 Å². The van der Waals surface area contributed by atoms with Crippen molar-refractivity contribution in [3.8, 4) is 28.6 Å². The summed E-state index contributed by atoms with van der Waals surface area (Å²) in [6.45, 7) is 0.628. The molecule has 0 unspecified atom stereocenters. The maximum atomic E-state index is 14.7. The number of hydrogen-bond donors (Lipinski definition) is 0. The van der Waals surface area contributed by atoms with E-state index in [1.54, 1.807) is 39.5 Å². The Bertz CT molecular complexity index is 1500. The average molecular weight is 601 g/mol. The highest BCUT2D eigenvalue weighted by atomic mass is 79.9. The molecule has 0 saturated heterocycles. The van der Waals surface area contributed by atoms with E-state index in [1.165, 1.54) is 36.3 Å². The minimum absolute atomic E-state index is 0.0537. The molecule has 0 aliphatic heterocycles. The third-order valence-corrected chi connectivity index (χ3v) is 6.36. The Kier molecular flexibility index (Phi) is 8.72. The third kappa shape index (κ3) is 6.49. The molecule has 204 valence electrons. The monoisotopic (exact) mass is 600 g/mol. The number of ether oxygens (including phenoxy) is 3. The normalized spacial score (nSPS) is 11.1. The highest BCUT2D eigenvalue weighted by molar-refractivity contribution is 9.10. The van der Waals surface area contributed by atoms with E-state index in [4.69, 9.17) is 14.2 Å². The van der Waals surface area contributed by atoms with Crippen LogP contribution in [-0.4, -0.2) is 50.9 Å². The topological polar surface area (TPSA) is 118 Å². The summed E-state index contributed by atoms with van der Waals surface area (Å²) in [4.78, 5) is 21.9. The lowest BCUT2D eigenvalue weighted by Crippen LogP contribution is -2.24. The zero-order valence-corrected chi connectivity index (χ0v) is 23.3. The van der Waals surface area contributed by atoms with E-state index in [-0.39, 0.29) is 36.0 Å². The van der Waals surface area contributed by atoms with E-state index in [9.17, 15) is 14.5 Å². The molecule has 39 heavy (non-hydrogen) atoms. The average Bonchev–Trinajstić information content (AvgIpc) is 3.36. The summed E-state index contributed by atoms with van der Waals surface area (Å²) in [6.07, 6.45) is 1.50. The Labute approximate surface area is 232 Å². The number of nitro groups is 1. The van der Waals surface area contributed by atoms with Crippen molar-refractivity contribution in [2.75, 3.05) is 21.3 Å². The van der Waals surface area contributed by atoms with Gasteiger partial charge in [0.2, 0.25) is 5.75 Å². The zero-order valence-electron chi connectivity index (χ0n) is 21.7. The van der Waals surface area contributed by atoms with Crippen molar-refractivity contribution in [2.45, 2.75) is 19.6 Å². The van der Waals surface area contributed by atoms with Gasteiger partial charge in [0.1, 0.15) is 28.2 Å². The van der Waals surface area contributed by atoms with Gasteiger partial charge < -0.3 is 14.2 Å². The van der Waals surface area contributed by atoms with Crippen LogP contribution in [0.2, 0.25) is 0 Å². The first kappa shape index (κ1) is 27.9. The second kappa shape index (κ2) is 12.2. The second-order valence-corrected chi connectivity index (χ2v) is 9.39. The number of nitro benzene ring substituents is 1. The SMILES string of the molecule is COc1ccc(CN(Cc2cc(-c3ncn(C)n3)c(OC)c([N+](=O)[O-])c2)Cc2nc(Br)ccc2F)c(OC)c1. The first-order valence-corrected chi connectivity index (χ1v) is 12.5. The molecule has 4 aromatic rings. The van der Waals surface area contributed by atoms with E-state index in [2.05, 4.69) is 31.0 Å². The molecular weight excluding hydrogens is 575 g/mol. The lowest BCUT2D eigenvalue weighted by molar-refractivity contribution is -0.385. The van der Waals surface area contributed by atoms with Crippen molar-refractivity contribution in [3.63, 3.8) is 0 Å². The molecule has 13 heteroatoms. The number of rotatable bonds is 11. The Morgan fingerprint density at radius 3 is 2.49 bits per heavy atom. The molecule has 11 nitrogen and oxygen atoms in total. The van der Waals surface area contributed by atoms with Crippen molar-refractivity contribution >= 4 is 21.6 Å². The zero-order chi connectivity index (χ0) is 28.1. The number of aromatic nitrogens is 4. The molecule has 0 aliphatic rings. The van der Waals surface area contributed by atoms with Crippen molar-refractivity contribution in [1.29, 1.82) is 0 Å². The molecule has 0 atom stereocenters. The highest BCUT2D eigenvalue weighted by Crippen LogP contribution is 2.38. The largest absolute Gasteiger partial charge is 0.497 e. The molecule has 0 N–H and O–H groups in total. The van der Waals surface area contributed by atoms with Crippen molar-refractivity contribution in [3.05, 3.63) is 86.1 Å². The lowest BCUT2D eigenvalue weighted by Gasteiger charge is -2.24. The van der Waals surface area contributed by atoms with E-state index in [0.29, 0.717) is 33.8 Å². The molecular formula is C26H26BrFN6O5. The molecule has 0 radical (unpaired) electrons. The molecule has 0 amide bonds. The minimum atomic E-state index is -0.513. The van der Waals surface area contributed by atoms with Gasteiger partial charge in [-0.2, -0.15) is 5.10 Å². The highest BCUT2D eigenvalue weighted by Gasteiger charge is 2.25. The van der Waals surface area contributed by atoms with E-state index >= 15 is 0 Å². The van der Waals surface area contributed by atoms with Gasteiger partial charge in [0.25, 0.3) is 0 Å². The first-order valence-electron chi connectivity index (χ1n) is 11.7. The summed E-state index contributed by atoms with van der Waals surface area (Å²) in [7, 11) is 6.17. The standard InChI is InChI=1S/C26H26BrFN6O5/c1-32-15-29-26(31-32)19-9-16(10-22(34(35)36)25(19)39-4)12-33(14-21-20(28)7-8-24(27)30-21)13-17-5-6-18(37-2)11-23(17)38-3/h5-11,15H,12-14H2,1-4H3. The molecule has 2 aromatic heterocycles. The van der Waals surface area contributed by atoms with E-state index < -0.39 is 10.7 Å². The first-order chi connectivity index (χ1) is 18.7. The Morgan fingerprint density at radius 2 is 1.85 bits per heavy atom. The van der Waals surface area contributed by atoms with Crippen molar-refractivity contribution in [1.82, 2.24) is 24.6 Å². The number of aryl methyl sites for hydroxylation is 1. The van der Waals surface area contributed by atoms with Crippen LogP contribution < -0.4 is 14.2 Å². The van der Waals surface area contributed by atoms with Gasteiger partial charge in [0.15, 0.2) is 5.82 Å². The lowest BCUT2D eigenvalue weighted by atomic mass is 10.1. The predicted octanol–water partition coefficient (Wildman–Crippen LogP) is 4.92. The Morgan fingerprint density at radius 1 is 1.05 bits per heavy atom. The quantitative estimate of drug-likeness (QED) is 0.134. The maximum absolute atomic E-state index is 14.7. The smallest absolute Gasteiger partial charge is 0.312 e. The van der Waals surface area contributed by atoms with Gasteiger partial charge in [0, 0.05) is 44.4 Å². The Hall–Kier alpha value is -4.10. The fourth-order valence-electron chi connectivity index (χ4n) is 4.17. The summed E-state index contributed by atoms with van der Waals surface area (Å²) in [5.41, 5.74) is 1.74. The van der Waals surface area contributed by atoms with Gasteiger partial charge >= 0.3 is 5.69 Å². The molecule has 0 saturated carbocycles. The van der Waals surface area contributed by atoms with Crippen LogP contribution in [0.1, 0.15) is 16.8 Å². The van der Waals surface area contributed by atoms with Crippen LogP contribution in [0.25, 0.3) is 11.4 Å². The van der Waals surface area contributed by atoms with Crippen molar-refractivity contribution < 1.29 is 23.5 Å². The molecule has 0 spiro atoms. The van der Waals surface area contributed by atoms with Crippen LogP contribution in [0.15, 0.2) is 53.4 Å². The minimum Gasteiger partial charge on any atom is -0.497 e. The predicted molar refractivity (Wildman–Crippen MR) is 144 cm³/mol. The van der Waals surface area contributed by atoms with Gasteiger partial charge in [-0.3, -0.25) is 19.7 Å². The van der Waals surface area contributed by atoms with Gasteiger partial charge in [-0.25, -0.2) is 14.4 Å². The number of benzene rings is 2. The Balaban J connectivity index is 1.78. The van der Waals surface area contributed by atoms with Gasteiger partial charge in [-0.15, -0.1) is 0 Å². The summed E-state index contributed by atoms with van der Waals surface area (Å²) >= 11 is 3.30. The van der Waals surface area contributed by atoms with Crippen LogP contribution in [0, 0.1) is 15.9 Å². The van der Waals surface area contributed by atoms with Crippen LogP contribution in [0.5, 0.6) is 17.2 Å².